The first-order chi connectivity index (χ1) is 11.0. The van der Waals surface area contributed by atoms with E-state index in [1.807, 2.05) is 19.1 Å². The molecule has 0 radical (unpaired) electrons. The van der Waals surface area contributed by atoms with Crippen LogP contribution in [0.2, 0.25) is 0 Å². The molecular weight excluding hydrogens is 294 g/mol. The second-order valence-electron chi connectivity index (χ2n) is 5.07. The van der Waals surface area contributed by atoms with Crippen molar-refractivity contribution in [2.24, 2.45) is 0 Å². The van der Waals surface area contributed by atoms with Crippen molar-refractivity contribution in [1.29, 1.82) is 0 Å². The zero-order chi connectivity index (χ0) is 16.8. The summed E-state index contributed by atoms with van der Waals surface area (Å²) in [5.41, 5.74) is 2.12. The summed E-state index contributed by atoms with van der Waals surface area (Å²) in [7, 11) is 1.53. The van der Waals surface area contributed by atoms with Crippen LogP contribution in [0.3, 0.4) is 0 Å². The molecule has 1 N–H and O–H groups in total. The van der Waals surface area contributed by atoms with Crippen LogP contribution in [0.15, 0.2) is 42.7 Å². The van der Waals surface area contributed by atoms with Gasteiger partial charge in [-0.1, -0.05) is 6.07 Å². The van der Waals surface area contributed by atoms with E-state index < -0.39 is 0 Å². The number of carbonyl (C=O) groups is 2. The average Bonchev–Trinajstić information content (AvgIpc) is 2.53. The number of aromatic nitrogens is 1. The van der Waals surface area contributed by atoms with Crippen LogP contribution in [0.5, 0.6) is 5.75 Å². The molecule has 120 valence electrons. The predicted octanol–water partition coefficient (Wildman–Crippen LogP) is 2.39. The van der Waals surface area contributed by atoms with Crippen molar-refractivity contribution in [2.45, 2.75) is 13.8 Å². The van der Waals surface area contributed by atoms with Gasteiger partial charge >= 0.3 is 0 Å². The van der Waals surface area contributed by atoms with E-state index in [1.54, 1.807) is 30.6 Å². The van der Waals surface area contributed by atoms with Crippen LogP contribution in [0.25, 0.3) is 0 Å². The van der Waals surface area contributed by atoms with Gasteiger partial charge in [0.15, 0.2) is 0 Å². The number of anilines is 2. The quantitative estimate of drug-likeness (QED) is 0.920. The van der Waals surface area contributed by atoms with Crippen LogP contribution < -0.4 is 15.0 Å². The molecule has 0 bridgehead atoms. The fourth-order valence-electron chi connectivity index (χ4n) is 2.16. The van der Waals surface area contributed by atoms with Gasteiger partial charge in [0.25, 0.3) is 0 Å². The number of benzene rings is 1. The van der Waals surface area contributed by atoms with Gasteiger partial charge in [-0.2, -0.15) is 0 Å². The number of carbonyl (C=O) groups excluding carboxylic acids is 2. The summed E-state index contributed by atoms with van der Waals surface area (Å²) in [4.78, 5) is 29.5. The smallest absolute Gasteiger partial charge is 0.244 e. The van der Waals surface area contributed by atoms with Gasteiger partial charge in [-0.15, -0.1) is 0 Å². The Labute approximate surface area is 135 Å². The van der Waals surface area contributed by atoms with Gasteiger partial charge in [-0.3, -0.25) is 19.5 Å². The van der Waals surface area contributed by atoms with Crippen molar-refractivity contribution in [3.05, 3.63) is 48.3 Å². The third kappa shape index (κ3) is 4.29. The van der Waals surface area contributed by atoms with Crippen LogP contribution in [-0.2, 0) is 9.59 Å². The highest BCUT2D eigenvalue weighted by molar-refractivity contribution is 6.02. The van der Waals surface area contributed by atoms with Crippen molar-refractivity contribution in [3.8, 4) is 5.75 Å². The van der Waals surface area contributed by atoms with Gasteiger partial charge in [0.1, 0.15) is 12.3 Å². The molecule has 0 saturated carbocycles. The Balaban J connectivity index is 2.21. The molecule has 1 aromatic carbocycles. The number of hydrogen-bond acceptors (Lipinski definition) is 4. The summed E-state index contributed by atoms with van der Waals surface area (Å²) < 4.78 is 5.30. The molecule has 0 aliphatic carbocycles. The van der Waals surface area contributed by atoms with E-state index in [9.17, 15) is 9.59 Å². The highest BCUT2D eigenvalue weighted by atomic mass is 16.5. The SMILES string of the molecule is COc1ccc(C)cc1N(CC(=O)Nc1cccnc1)C(C)=O. The summed E-state index contributed by atoms with van der Waals surface area (Å²) >= 11 is 0. The molecule has 2 amide bonds. The number of amides is 2. The second kappa shape index (κ2) is 7.40. The lowest BCUT2D eigenvalue weighted by Crippen LogP contribution is -2.37. The molecule has 2 aromatic rings. The number of methoxy groups -OCH3 is 1. The van der Waals surface area contributed by atoms with E-state index in [0.29, 0.717) is 17.1 Å². The van der Waals surface area contributed by atoms with Crippen LogP contribution in [0.1, 0.15) is 12.5 Å². The maximum Gasteiger partial charge on any atom is 0.244 e. The van der Waals surface area contributed by atoms with Gasteiger partial charge in [0, 0.05) is 13.1 Å². The van der Waals surface area contributed by atoms with E-state index in [0.717, 1.165) is 5.56 Å². The Morgan fingerprint density at radius 2 is 2.09 bits per heavy atom. The number of nitrogens with zero attached hydrogens (tertiary/aromatic N) is 2. The van der Waals surface area contributed by atoms with Crippen molar-refractivity contribution < 1.29 is 14.3 Å². The normalized spacial score (nSPS) is 10.0. The molecule has 23 heavy (non-hydrogen) atoms. The highest BCUT2D eigenvalue weighted by Crippen LogP contribution is 2.29. The van der Waals surface area contributed by atoms with Gasteiger partial charge < -0.3 is 10.1 Å². The summed E-state index contributed by atoms with van der Waals surface area (Å²) in [6.07, 6.45) is 3.17. The minimum atomic E-state index is -0.309. The van der Waals surface area contributed by atoms with Crippen LogP contribution >= 0.6 is 0 Å². The summed E-state index contributed by atoms with van der Waals surface area (Å²) in [5.74, 6) is -0.00743. The van der Waals surface area contributed by atoms with Crippen molar-refractivity contribution in [3.63, 3.8) is 0 Å². The maximum absolute atomic E-state index is 12.2. The van der Waals surface area contributed by atoms with E-state index in [-0.39, 0.29) is 18.4 Å². The first-order valence-electron chi connectivity index (χ1n) is 7.14. The molecule has 0 aliphatic heterocycles. The lowest BCUT2D eigenvalue weighted by atomic mass is 10.2. The topological polar surface area (TPSA) is 71.5 Å². The molecule has 1 heterocycles. The van der Waals surface area contributed by atoms with E-state index in [1.165, 1.54) is 18.9 Å². The van der Waals surface area contributed by atoms with Gasteiger partial charge in [-0.25, -0.2) is 0 Å². The number of rotatable bonds is 5. The molecule has 2 rings (SSSR count). The lowest BCUT2D eigenvalue weighted by Gasteiger charge is -2.23. The Morgan fingerprint density at radius 3 is 2.70 bits per heavy atom. The molecule has 0 atom stereocenters. The largest absolute Gasteiger partial charge is 0.495 e. The molecule has 1 aromatic heterocycles. The number of pyridine rings is 1. The fraction of sp³-hybridized carbons (Fsp3) is 0.235. The number of nitrogens with one attached hydrogen (secondary N) is 1. The third-order valence-corrected chi connectivity index (χ3v) is 3.25. The summed E-state index contributed by atoms with van der Waals surface area (Å²) in [6, 6.07) is 8.94. The van der Waals surface area contributed by atoms with Gasteiger partial charge in [0.2, 0.25) is 11.8 Å². The van der Waals surface area contributed by atoms with Gasteiger partial charge in [0.05, 0.1) is 24.7 Å². The van der Waals surface area contributed by atoms with E-state index in [4.69, 9.17) is 4.74 Å². The van der Waals surface area contributed by atoms with Crippen LogP contribution in [0.4, 0.5) is 11.4 Å². The molecular formula is C17H19N3O3. The monoisotopic (exact) mass is 313 g/mol. The second-order valence-corrected chi connectivity index (χ2v) is 5.07. The lowest BCUT2D eigenvalue weighted by molar-refractivity contribution is -0.120. The first kappa shape index (κ1) is 16.5. The molecule has 0 aliphatic rings. The summed E-state index contributed by atoms with van der Waals surface area (Å²) in [6.45, 7) is 3.22. The fourth-order valence-corrected chi connectivity index (χ4v) is 2.16. The zero-order valence-corrected chi connectivity index (χ0v) is 13.4. The van der Waals surface area contributed by atoms with Gasteiger partial charge in [-0.05, 0) is 36.8 Å². The summed E-state index contributed by atoms with van der Waals surface area (Å²) in [5, 5.41) is 2.71. The van der Waals surface area contributed by atoms with Crippen molar-refractivity contribution >= 4 is 23.2 Å². The molecule has 6 nitrogen and oxygen atoms in total. The Bertz CT molecular complexity index is 701. The number of ether oxygens (including phenoxy) is 1. The Hall–Kier alpha value is -2.89. The third-order valence-electron chi connectivity index (χ3n) is 3.25. The molecule has 0 spiro atoms. The predicted molar refractivity (Wildman–Crippen MR) is 88.6 cm³/mol. The van der Waals surface area contributed by atoms with Crippen LogP contribution in [0, 0.1) is 6.92 Å². The van der Waals surface area contributed by atoms with Crippen LogP contribution in [-0.4, -0.2) is 30.5 Å². The van der Waals surface area contributed by atoms with Crippen molar-refractivity contribution in [1.82, 2.24) is 4.98 Å². The Kier molecular flexibility index (Phi) is 5.30. The maximum atomic E-state index is 12.2. The average molecular weight is 313 g/mol. The molecule has 0 saturated heterocycles. The highest BCUT2D eigenvalue weighted by Gasteiger charge is 2.19. The number of hydrogen-bond donors (Lipinski definition) is 1. The minimum absolute atomic E-state index is 0.107. The van der Waals surface area contributed by atoms with E-state index in [2.05, 4.69) is 10.3 Å². The molecule has 6 heteroatoms. The molecule has 0 fully saturated rings. The standard InChI is InChI=1S/C17H19N3O3/c1-12-6-7-16(23-3)15(9-12)20(13(2)21)11-17(22)19-14-5-4-8-18-10-14/h4-10H,11H2,1-3H3,(H,19,22). The first-order valence-corrected chi connectivity index (χ1v) is 7.14. The minimum Gasteiger partial charge on any atom is -0.495 e. The number of aryl methyl sites for hydroxylation is 1. The Morgan fingerprint density at radius 1 is 1.30 bits per heavy atom. The zero-order valence-electron chi connectivity index (χ0n) is 13.4. The van der Waals surface area contributed by atoms with Crippen molar-refractivity contribution in [2.75, 3.05) is 23.9 Å². The van der Waals surface area contributed by atoms with E-state index >= 15 is 0 Å². The molecule has 0 unspecified atom stereocenters.